The summed E-state index contributed by atoms with van der Waals surface area (Å²) in [6.45, 7) is 5.03. The number of aliphatic hydroxyl groups is 1. The molecule has 5 heteroatoms. The smallest absolute Gasteiger partial charge is 0.129 e. The highest BCUT2D eigenvalue weighted by molar-refractivity contribution is 5.28. The van der Waals surface area contributed by atoms with Gasteiger partial charge in [-0.3, -0.25) is 0 Å². The number of nitrogens with zero attached hydrogens (tertiary/aromatic N) is 1. The van der Waals surface area contributed by atoms with E-state index in [0.29, 0.717) is 36.2 Å². The molecule has 1 aliphatic heterocycles. The lowest BCUT2D eigenvalue weighted by Gasteiger charge is -2.27. The molecule has 3 unspecified atom stereocenters. The van der Waals surface area contributed by atoms with Gasteiger partial charge in [0.1, 0.15) is 17.4 Å². The predicted octanol–water partition coefficient (Wildman–Crippen LogP) is 4.09. The number of phenols is 1. The molecule has 150 valence electrons. The molecule has 0 amide bonds. The summed E-state index contributed by atoms with van der Waals surface area (Å²) in [4.78, 5) is 2.45. The molecule has 28 heavy (non-hydrogen) atoms. The SMILES string of the molecule is CC(CN1CC2CC(O)(Cc3ccc(F)cc3F)CC2C1)c1ccc(O)cc1. The van der Waals surface area contributed by atoms with E-state index in [0.717, 1.165) is 25.7 Å². The normalized spacial score (nSPS) is 28.4. The Balaban J connectivity index is 1.34. The van der Waals surface area contributed by atoms with Crippen molar-refractivity contribution in [1.82, 2.24) is 4.90 Å². The number of rotatable bonds is 5. The van der Waals surface area contributed by atoms with Gasteiger partial charge < -0.3 is 15.1 Å². The fraction of sp³-hybridized carbons (Fsp3) is 0.478. The number of benzene rings is 2. The lowest BCUT2D eigenvalue weighted by Crippen LogP contribution is -2.33. The minimum absolute atomic E-state index is 0.246. The van der Waals surface area contributed by atoms with Crippen molar-refractivity contribution in [3.63, 3.8) is 0 Å². The largest absolute Gasteiger partial charge is 0.508 e. The van der Waals surface area contributed by atoms with Crippen molar-refractivity contribution < 1.29 is 19.0 Å². The van der Waals surface area contributed by atoms with E-state index in [1.807, 2.05) is 12.1 Å². The average Bonchev–Trinajstić information content (AvgIpc) is 3.12. The van der Waals surface area contributed by atoms with Gasteiger partial charge in [0.15, 0.2) is 0 Å². The van der Waals surface area contributed by atoms with E-state index in [1.165, 1.54) is 17.7 Å². The van der Waals surface area contributed by atoms with Gasteiger partial charge in [-0.15, -0.1) is 0 Å². The summed E-state index contributed by atoms with van der Waals surface area (Å²) in [6.07, 6.45) is 1.58. The second-order valence-corrected chi connectivity index (χ2v) is 8.78. The quantitative estimate of drug-likeness (QED) is 0.812. The number of fused-ring (bicyclic) bond motifs is 1. The Morgan fingerprint density at radius 3 is 2.32 bits per heavy atom. The molecule has 0 bridgehead atoms. The van der Waals surface area contributed by atoms with Gasteiger partial charge in [-0.05, 0) is 59.9 Å². The van der Waals surface area contributed by atoms with Gasteiger partial charge in [0.05, 0.1) is 5.60 Å². The van der Waals surface area contributed by atoms with Crippen molar-refractivity contribution in [2.24, 2.45) is 11.8 Å². The molecule has 2 N–H and O–H groups in total. The van der Waals surface area contributed by atoms with Gasteiger partial charge in [0, 0.05) is 32.1 Å². The molecule has 2 aliphatic rings. The summed E-state index contributed by atoms with van der Waals surface area (Å²) < 4.78 is 27.1. The van der Waals surface area contributed by atoms with Gasteiger partial charge in [-0.25, -0.2) is 8.78 Å². The monoisotopic (exact) mass is 387 g/mol. The van der Waals surface area contributed by atoms with Crippen LogP contribution in [0.25, 0.3) is 0 Å². The maximum atomic E-state index is 14.0. The molecule has 4 rings (SSSR count). The summed E-state index contributed by atoms with van der Waals surface area (Å²) in [6, 6.07) is 11.0. The summed E-state index contributed by atoms with van der Waals surface area (Å²) in [5, 5.41) is 20.5. The van der Waals surface area contributed by atoms with E-state index >= 15 is 0 Å². The topological polar surface area (TPSA) is 43.7 Å². The van der Waals surface area contributed by atoms with Crippen LogP contribution < -0.4 is 0 Å². The molecule has 0 radical (unpaired) electrons. The maximum Gasteiger partial charge on any atom is 0.129 e. The Morgan fingerprint density at radius 2 is 1.71 bits per heavy atom. The summed E-state index contributed by atoms with van der Waals surface area (Å²) in [5.41, 5.74) is 0.697. The number of likely N-dealkylation sites (tertiary alicyclic amines) is 1. The van der Waals surface area contributed by atoms with E-state index in [4.69, 9.17) is 0 Å². The molecule has 2 aromatic rings. The minimum atomic E-state index is -0.900. The molecular formula is C23H27F2NO2. The molecule has 2 aromatic carbocycles. The van der Waals surface area contributed by atoms with Crippen LogP contribution in [-0.4, -0.2) is 40.3 Å². The van der Waals surface area contributed by atoms with Crippen molar-refractivity contribution in [2.45, 2.75) is 37.7 Å². The van der Waals surface area contributed by atoms with Crippen LogP contribution in [-0.2, 0) is 6.42 Å². The van der Waals surface area contributed by atoms with Gasteiger partial charge in [-0.1, -0.05) is 25.1 Å². The van der Waals surface area contributed by atoms with Crippen molar-refractivity contribution in [3.8, 4) is 5.75 Å². The Morgan fingerprint density at radius 1 is 1.07 bits per heavy atom. The van der Waals surface area contributed by atoms with E-state index in [-0.39, 0.29) is 12.2 Å². The number of phenolic OH excluding ortho intramolecular Hbond substituents is 1. The van der Waals surface area contributed by atoms with Gasteiger partial charge in [0.25, 0.3) is 0 Å². The first-order chi connectivity index (χ1) is 13.3. The molecule has 1 saturated heterocycles. The maximum absolute atomic E-state index is 14.0. The van der Waals surface area contributed by atoms with Crippen LogP contribution in [0.2, 0.25) is 0 Å². The molecule has 1 aliphatic carbocycles. The van der Waals surface area contributed by atoms with Crippen LogP contribution >= 0.6 is 0 Å². The van der Waals surface area contributed by atoms with Crippen LogP contribution in [0.1, 0.15) is 36.8 Å². The Hall–Kier alpha value is -1.98. The van der Waals surface area contributed by atoms with Crippen molar-refractivity contribution in [3.05, 3.63) is 65.2 Å². The molecular weight excluding hydrogens is 360 g/mol. The number of hydrogen-bond acceptors (Lipinski definition) is 3. The average molecular weight is 387 g/mol. The standard InChI is InChI=1S/C23H27F2NO2/c1-15(16-3-6-21(27)7-4-16)12-26-13-18-10-23(28,11-19(18)14-26)9-17-2-5-20(24)8-22(17)25/h2-8,15,18-19,27-28H,9-14H2,1H3. The molecule has 1 saturated carbocycles. The first-order valence-electron chi connectivity index (χ1n) is 9.99. The second kappa shape index (κ2) is 7.45. The minimum Gasteiger partial charge on any atom is -0.508 e. The lowest BCUT2D eigenvalue weighted by molar-refractivity contribution is 0.0345. The van der Waals surface area contributed by atoms with Crippen LogP contribution in [0.5, 0.6) is 5.75 Å². The second-order valence-electron chi connectivity index (χ2n) is 8.78. The van der Waals surface area contributed by atoms with Crippen LogP contribution in [0.4, 0.5) is 8.78 Å². The molecule has 0 spiro atoms. The number of hydrogen-bond donors (Lipinski definition) is 2. The van der Waals surface area contributed by atoms with Crippen LogP contribution in [0.15, 0.2) is 42.5 Å². The highest BCUT2D eigenvalue weighted by Crippen LogP contribution is 2.45. The zero-order valence-electron chi connectivity index (χ0n) is 16.1. The zero-order chi connectivity index (χ0) is 19.9. The third-order valence-corrected chi connectivity index (χ3v) is 6.47. The number of halogens is 2. The van der Waals surface area contributed by atoms with Crippen molar-refractivity contribution in [2.75, 3.05) is 19.6 Å². The van der Waals surface area contributed by atoms with E-state index in [1.54, 1.807) is 12.1 Å². The molecule has 1 heterocycles. The lowest BCUT2D eigenvalue weighted by atomic mass is 9.91. The molecule has 3 nitrogen and oxygen atoms in total. The van der Waals surface area contributed by atoms with Gasteiger partial charge >= 0.3 is 0 Å². The third-order valence-electron chi connectivity index (χ3n) is 6.47. The Kier molecular flexibility index (Phi) is 5.15. The van der Waals surface area contributed by atoms with E-state index in [2.05, 4.69) is 11.8 Å². The molecule has 2 fully saturated rings. The van der Waals surface area contributed by atoms with Crippen LogP contribution in [0.3, 0.4) is 0 Å². The Bertz CT molecular complexity index is 825. The fourth-order valence-corrected chi connectivity index (χ4v) is 5.17. The highest BCUT2D eigenvalue weighted by atomic mass is 19.1. The van der Waals surface area contributed by atoms with Crippen molar-refractivity contribution >= 4 is 0 Å². The Labute approximate surface area is 164 Å². The molecule has 0 aromatic heterocycles. The van der Waals surface area contributed by atoms with E-state index in [9.17, 15) is 19.0 Å². The van der Waals surface area contributed by atoms with E-state index < -0.39 is 17.2 Å². The predicted molar refractivity (Wildman–Crippen MR) is 104 cm³/mol. The van der Waals surface area contributed by atoms with Gasteiger partial charge in [0.2, 0.25) is 0 Å². The molecule has 3 atom stereocenters. The summed E-state index contributed by atoms with van der Waals surface area (Å²) in [5.74, 6) is 0.320. The number of aromatic hydroxyl groups is 1. The van der Waals surface area contributed by atoms with Crippen molar-refractivity contribution in [1.29, 1.82) is 0 Å². The first-order valence-corrected chi connectivity index (χ1v) is 9.99. The summed E-state index contributed by atoms with van der Waals surface area (Å²) in [7, 11) is 0. The zero-order valence-corrected chi connectivity index (χ0v) is 16.1. The summed E-state index contributed by atoms with van der Waals surface area (Å²) >= 11 is 0. The fourth-order valence-electron chi connectivity index (χ4n) is 5.17. The van der Waals surface area contributed by atoms with Gasteiger partial charge in [-0.2, -0.15) is 0 Å². The highest BCUT2D eigenvalue weighted by Gasteiger charge is 2.48. The third kappa shape index (κ3) is 4.06. The van der Waals surface area contributed by atoms with Crippen LogP contribution in [0, 0.1) is 23.5 Å². The first kappa shape index (κ1) is 19.3.